The smallest absolute Gasteiger partial charge is 0.257 e. The first-order chi connectivity index (χ1) is 17.9. The number of rotatable bonds is 6. The molecular formula is C28H23N3O5S. The normalized spacial score (nSPS) is 13.6. The van der Waals surface area contributed by atoms with E-state index in [0.717, 1.165) is 22.4 Å². The number of hydrogen-bond donors (Lipinski definition) is 2. The number of ether oxygens (including phenoxy) is 1. The lowest BCUT2D eigenvalue weighted by atomic mass is 10.1. The number of hydrogen-bond acceptors (Lipinski definition) is 6. The lowest BCUT2D eigenvalue weighted by Crippen LogP contribution is -2.23. The van der Waals surface area contributed by atoms with E-state index in [0.29, 0.717) is 6.61 Å². The Bertz CT molecular complexity index is 1600. The molecule has 2 N–H and O–H groups in total. The topological polar surface area (TPSA) is 114 Å². The standard InChI is InChI=1S/C28H23N3O5S/c1-36-17-22-12-10-21(16-29-22)19-8-6-18(7-9-19)15-30-27(32)20-11-13-26-24(14-20)31-28(33)23-4-2-3-5-25(23)37(26,34)35/h2-14,16H,15,17H2,1H3,(H,30,32)(H,31,33). The maximum atomic E-state index is 13.1. The van der Waals surface area contributed by atoms with Gasteiger partial charge in [0.2, 0.25) is 9.84 Å². The minimum absolute atomic E-state index is 0.0531. The third kappa shape index (κ3) is 4.87. The highest BCUT2D eigenvalue weighted by molar-refractivity contribution is 7.91. The largest absolute Gasteiger partial charge is 0.378 e. The quantitative estimate of drug-likeness (QED) is 0.399. The van der Waals surface area contributed by atoms with Crippen molar-refractivity contribution >= 4 is 27.3 Å². The van der Waals surface area contributed by atoms with Gasteiger partial charge in [-0.3, -0.25) is 14.6 Å². The highest BCUT2D eigenvalue weighted by Gasteiger charge is 2.31. The Morgan fingerprint density at radius 3 is 2.43 bits per heavy atom. The third-order valence-corrected chi connectivity index (χ3v) is 7.93. The number of aromatic nitrogens is 1. The van der Waals surface area contributed by atoms with E-state index in [-0.39, 0.29) is 33.2 Å². The van der Waals surface area contributed by atoms with Crippen LogP contribution in [0.15, 0.2) is 94.9 Å². The van der Waals surface area contributed by atoms with Gasteiger partial charge >= 0.3 is 0 Å². The molecule has 0 spiro atoms. The molecule has 0 fully saturated rings. The maximum absolute atomic E-state index is 13.1. The number of sulfone groups is 1. The van der Waals surface area contributed by atoms with Crippen LogP contribution in [0.4, 0.5) is 5.69 Å². The molecule has 5 rings (SSSR count). The minimum Gasteiger partial charge on any atom is -0.378 e. The number of anilines is 1. The first-order valence-electron chi connectivity index (χ1n) is 11.5. The van der Waals surface area contributed by atoms with E-state index in [1.807, 2.05) is 36.4 Å². The van der Waals surface area contributed by atoms with Crippen molar-refractivity contribution in [2.24, 2.45) is 0 Å². The zero-order valence-electron chi connectivity index (χ0n) is 19.9. The Morgan fingerprint density at radius 1 is 0.946 bits per heavy atom. The Labute approximate surface area is 214 Å². The van der Waals surface area contributed by atoms with Crippen LogP contribution in [0.1, 0.15) is 32.0 Å². The molecule has 0 bridgehead atoms. The van der Waals surface area contributed by atoms with Crippen LogP contribution in [0.5, 0.6) is 0 Å². The van der Waals surface area contributed by atoms with Crippen LogP contribution in [0.25, 0.3) is 11.1 Å². The van der Waals surface area contributed by atoms with Crippen LogP contribution < -0.4 is 10.6 Å². The van der Waals surface area contributed by atoms with E-state index >= 15 is 0 Å². The molecule has 2 amide bonds. The summed E-state index contributed by atoms with van der Waals surface area (Å²) < 4.78 is 31.3. The number of carbonyl (C=O) groups is 2. The number of methoxy groups -OCH3 is 1. The fourth-order valence-electron chi connectivity index (χ4n) is 4.13. The first kappa shape index (κ1) is 24.4. The Balaban J connectivity index is 1.29. The lowest BCUT2D eigenvalue weighted by Gasteiger charge is -2.11. The van der Waals surface area contributed by atoms with E-state index in [4.69, 9.17) is 4.74 Å². The van der Waals surface area contributed by atoms with Crippen molar-refractivity contribution in [2.45, 2.75) is 22.9 Å². The van der Waals surface area contributed by atoms with Gasteiger partial charge in [0.15, 0.2) is 0 Å². The second-order valence-electron chi connectivity index (χ2n) is 8.52. The first-order valence-corrected chi connectivity index (χ1v) is 13.0. The van der Waals surface area contributed by atoms with Crippen molar-refractivity contribution in [3.05, 3.63) is 107 Å². The molecular weight excluding hydrogens is 490 g/mol. The van der Waals surface area contributed by atoms with Crippen LogP contribution >= 0.6 is 0 Å². The molecule has 1 aliphatic heterocycles. The Hall–Kier alpha value is -4.34. The molecule has 0 unspecified atom stereocenters. The van der Waals surface area contributed by atoms with Crippen molar-refractivity contribution in [2.75, 3.05) is 12.4 Å². The fraction of sp³-hybridized carbons (Fsp3) is 0.107. The molecule has 3 aromatic carbocycles. The predicted octanol–water partition coefficient (Wildman–Crippen LogP) is 4.22. The number of nitrogens with zero attached hydrogens (tertiary/aromatic N) is 1. The van der Waals surface area contributed by atoms with E-state index in [1.54, 1.807) is 25.4 Å². The maximum Gasteiger partial charge on any atom is 0.257 e. The average molecular weight is 514 g/mol. The van der Waals surface area contributed by atoms with Gasteiger partial charge in [0.1, 0.15) is 0 Å². The number of pyridine rings is 1. The zero-order valence-corrected chi connectivity index (χ0v) is 20.7. The Kier molecular flexibility index (Phi) is 6.56. The summed E-state index contributed by atoms with van der Waals surface area (Å²) in [6, 6.07) is 21.8. The summed E-state index contributed by atoms with van der Waals surface area (Å²) in [5, 5.41) is 5.47. The number of nitrogens with one attached hydrogen (secondary N) is 2. The summed E-state index contributed by atoms with van der Waals surface area (Å²) in [5.74, 6) is -0.933. The predicted molar refractivity (Wildman–Crippen MR) is 138 cm³/mol. The molecule has 1 aromatic heterocycles. The molecule has 2 heterocycles. The molecule has 186 valence electrons. The number of carbonyl (C=O) groups excluding carboxylic acids is 2. The number of amides is 2. The van der Waals surface area contributed by atoms with Gasteiger partial charge < -0.3 is 15.4 Å². The second kappa shape index (κ2) is 9.96. The lowest BCUT2D eigenvalue weighted by molar-refractivity contribution is 0.0949. The van der Waals surface area contributed by atoms with Gasteiger partial charge in [-0.2, -0.15) is 0 Å². The molecule has 0 atom stereocenters. The molecule has 9 heteroatoms. The number of fused-ring (bicyclic) bond motifs is 2. The van der Waals surface area contributed by atoms with Gasteiger partial charge in [0.05, 0.1) is 33.3 Å². The van der Waals surface area contributed by atoms with Crippen LogP contribution in [-0.4, -0.2) is 32.3 Å². The minimum atomic E-state index is -3.93. The molecule has 37 heavy (non-hydrogen) atoms. The molecule has 1 aliphatic rings. The molecule has 0 saturated heterocycles. The van der Waals surface area contributed by atoms with E-state index in [2.05, 4.69) is 15.6 Å². The van der Waals surface area contributed by atoms with Crippen molar-refractivity contribution in [3.63, 3.8) is 0 Å². The summed E-state index contributed by atoms with van der Waals surface area (Å²) in [4.78, 5) is 29.7. The van der Waals surface area contributed by atoms with E-state index in [1.165, 1.54) is 30.3 Å². The van der Waals surface area contributed by atoms with Gasteiger partial charge in [0, 0.05) is 31.0 Å². The van der Waals surface area contributed by atoms with E-state index < -0.39 is 21.7 Å². The zero-order chi connectivity index (χ0) is 26.0. The van der Waals surface area contributed by atoms with Gasteiger partial charge in [-0.15, -0.1) is 0 Å². The van der Waals surface area contributed by atoms with Crippen LogP contribution in [0.3, 0.4) is 0 Å². The summed E-state index contributed by atoms with van der Waals surface area (Å²) in [5.41, 5.74) is 4.08. The SMILES string of the molecule is COCc1ccc(-c2ccc(CNC(=O)c3ccc4c(c3)NC(=O)c3ccccc3S4(=O)=O)cc2)cn1. The van der Waals surface area contributed by atoms with Gasteiger partial charge in [-0.25, -0.2) is 8.42 Å². The monoisotopic (exact) mass is 513 g/mol. The summed E-state index contributed by atoms with van der Waals surface area (Å²) in [6.45, 7) is 0.732. The van der Waals surface area contributed by atoms with Crippen molar-refractivity contribution in [1.82, 2.24) is 10.3 Å². The van der Waals surface area contributed by atoms with Crippen LogP contribution in [-0.2, 0) is 27.7 Å². The number of benzene rings is 3. The molecule has 0 aliphatic carbocycles. The summed E-state index contributed by atoms with van der Waals surface area (Å²) in [6.07, 6.45) is 1.79. The van der Waals surface area contributed by atoms with Gasteiger partial charge in [-0.05, 0) is 47.5 Å². The van der Waals surface area contributed by atoms with Crippen molar-refractivity contribution in [1.29, 1.82) is 0 Å². The Morgan fingerprint density at radius 2 is 1.70 bits per heavy atom. The van der Waals surface area contributed by atoms with Crippen LogP contribution in [0, 0.1) is 0 Å². The fourth-order valence-corrected chi connectivity index (χ4v) is 5.72. The van der Waals surface area contributed by atoms with Crippen molar-refractivity contribution < 1.29 is 22.7 Å². The highest BCUT2D eigenvalue weighted by atomic mass is 32.2. The average Bonchev–Trinajstić information content (AvgIpc) is 3.00. The van der Waals surface area contributed by atoms with E-state index in [9.17, 15) is 18.0 Å². The highest BCUT2D eigenvalue weighted by Crippen LogP contribution is 2.34. The molecule has 8 nitrogen and oxygen atoms in total. The summed E-state index contributed by atoms with van der Waals surface area (Å²) in [7, 11) is -2.30. The molecule has 0 radical (unpaired) electrons. The second-order valence-corrected chi connectivity index (χ2v) is 10.4. The van der Waals surface area contributed by atoms with Gasteiger partial charge in [-0.1, -0.05) is 42.5 Å². The molecule has 4 aromatic rings. The van der Waals surface area contributed by atoms with Crippen LogP contribution in [0.2, 0.25) is 0 Å². The van der Waals surface area contributed by atoms with Crippen molar-refractivity contribution in [3.8, 4) is 11.1 Å². The molecule has 0 saturated carbocycles. The summed E-state index contributed by atoms with van der Waals surface area (Å²) >= 11 is 0. The third-order valence-electron chi connectivity index (χ3n) is 6.06. The van der Waals surface area contributed by atoms with Gasteiger partial charge in [0.25, 0.3) is 11.8 Å².